The molecule has 6 nitrogen and oxygen atoms in total. The second kappa shape index (κ2) is 7.76. The number of carbonyl (C=O) groups is 3. The first-order valence-electron chi connectivity index (χ1n) is 7.80. The van der Waals surface area contributed by atoms with Crippen LogP contribution in [0.15, 0.2) is 24.3 Å². The third-order valence-electron chi connectivity index (χ3n) is 4.31. The molecule has 0 bridgehead atoms. The highest BCUT2D eigenvalue weighted by atomic mass is 16.4. The van der Waals surface area contributed by atoms with Gasteiger partial charge in [-0.1, -0.05) is 18.2 Å². The van der Waals surface area contributed by atoms with Crippen molar-refractivity contribution in [2.75, 3.05) is 20.1 Å². The number of aromatic carboxylic acids is 1. The summed E-state index contributed by atoms with van der Waals surface area (Å²) in [7, 11) is 1.63. The molecule has 1 aliphatic rings. The molecule has 1 aromatic carbocycles. The molecule has 0 spiro atoms. The summed E-state index contributed by atoms with van der Waals surface area (Å²) in [6, 6.07) is 6.59. The lowest BCUT2D eigenvalue weighted by Gasteiger charge is -2.32. The summed E-state index contributed by atoms with van der Waals surface area (Å²) in [5, 5.41) is 11.8. The molecule has 0 saturated carbocycles. The van der Waals surface area contributed by atoms with E-state index in [-0.39, 0.29) is 23.8 Å². The lowest BCUT2D eigenvalue weighted by atomic mass is 9.92. The molecule has 1 saturated heterocycles. The summed E-state index contributed by atoms with van der Waals surface area (Å²) in [6.45, 7) is 1.24. The lowest BCUT2D eigenvalue weighted by Crippen LogP contribution is -2.40. The van der Waals surface area contributed by atoms with Crippen LogP contribution in [0.4, 0.5) is 0 Å². The third kappa shape index (κ3) is 4.55. The molecule has 2 N–H and O–H groups in total. The number of hydrogen-bond donors (Lipinski definition) is 2. The number of hydrogen-bond acceptors (Lipinski definition) is 3. The van der Waals surface area contributed by atoms with E-state index < -0.39 is 5.97 Å². The van der Waals surface area contributed by atoms with E-state index in [1.165, 1.54) is 6.07 Å². The van der Waals surface area contributed by atoms with Gasteiger partial charge in [-0.05, 0) is 30.4 Å². The molecule has 6 heteroatoms. The average Bonchev–Trinajstić information content (AvgIpc) is 2.55. The van der Waals surface area contributed by atoms with Gasteiger partial charge < -0.3 is 15.3 Å². The Hall–Kier alpha value is -2.37. The Morgan fingerprint density at radius 2 is 1.87 bits per heavy atom. The number of carboxylic acids is 1. The fraction of sp³-hybridized carbons (Fsp3) is 0.471. The van der Waals surface area contributed by atoms with Gasteiger partial charge in [0.1, 0.15) is 0 Å². The average molecular weight is 318 g/mol. The van der Waals surface area contributed by atoms with Gasteiger partial charge in [0.25, 0.3) is 0 Å². The standard InChI is InChI=1S/C17H22N2O4/c1-18-15(20)10-12-6-8-19(9-7-12)16(21)11-13-4-2-3-5-14(13)17(22)23/h2-5,12H,6-11H2,1H3,(H,18,20)(H,22,23). The molecule has 124 valence electrons. The summed E-state index contributed by atoms with van der Waals surface area (Å²) in [4.78, 5) is 36.7. The van der Waals surface area contributed by atoms with Crippen molar-refractivity contribution in [2.24, 2.45) is 5.92 Å². The van der Waals surface area contributed by atoms with Crippen LogP contribution in [-0.4, -0.2) is 47.9 Å². The quantitative estimate of drug-likeness (QED) is 0.857. The maximum Gasteiger partial charge on any atom is 0.335 e. The van der Waals surface area contributed by atoms with Gasteiger partial charge in [-0.2, -0.15) is 0 Å². The van der Waals surface area contributed by atoms with Gasteiger partial charge in [-0.15, -0.1) is 0 Å². The van der Waals surface area contributed by atoms with Crippen molar-refractivity contribution in [2.45, 2.75) is 25.7 Å². The Labute approximate surface area is 135 Å². The third-order valence-corrected chi connectivity index (χ3v) is 4.31. The van der Waals surface area contributed by atoms with Crippen LogP contribution in [0.2, 0.25) is 0 Å². The van der Waals surface area contributed by atoms with Crippen molar-refractivity contribution in [3.8, 4) is 0 Å². The van der Waals surface area contributed by atoms with Crippen LogP contribution in [0.5, 0.6) is 0 Å². The van der Waals surface area contributed by atoms with Gasteiger partial charge in [-0.25, -0.2) is 4.79 Å². The van der Waals surface area contributed by atoms with Gasteiger partial charge in [0.15, 0.2) is 0 Å². The van der Waals surface area contributed by atoms with Crippen molar-refractivity contribution in [1.82, 2.24) is 10.2 Å². The molecule has 0 aromatic heterocycles. The fourth-order valence-electron chi connectivity index (χ4n) is 2.91. The van der Waals surface area contributed by atoms with Crippen molar-refractivity contribution < 1.29 is 19.5 Å². The minimum Gasteiger partial charge on any atom is -0.478 e. The maximum atomic E-state index is 12.4. The molecule has 0 radical (unpaired) electrons. The predicted molar refractivity (Wildman–Crippen MR) is 85.1 cm³/mol. The minimum absolute atomic E-state index is 0.0326. The highest BCUT2D eigenvalue weighted by molar-refractivity contribution is 5.91. The number of carboxylic acid groups (broad SMARTS) is 1. The molecule has 1 fully saturated rings. The van der Waals surface area contributed by atoms with E-state index in [1.54, 1.807) is 30.1 Å². The number of benzene rings is 1. The normalized spacial score (nSPS) is 15.3. The second-order valence-corrected chi connectivity index (χ2v) is 5.84. The molecule has 23 heavy (non-hydrogen) atoms. The van der Waals surface area contributed by atoms with Crippen molar-refractivity contribution >= 4 is 17.8 Å². The van der Waals surface area contributed by atoms with Gasteiger partial charge in [0, 0.05) is 26.6 Å². The summed E-state index contributed by atoms with van der Waals surface area (Å²) < 4.78 is 0. The number of piperidine rings is 1. The molecule has 0 atom stereocenters. The number of carbonyl (C=O) groups excluding carboxylic acids is 2. The van der Waals surface area contributed by atoms with Crippen LogP contribution < -0.4 is 5.32 Å². The smallest absolute Gasteiger partial charge is 0.335 e. The first-order valence-corrected chi connectivity index (χ1v) is 7.80. The van der Waals surface area contributed by atoms with Crippen LogP contribution in [0.25, 0.3) is 0 Å². The molecule has 1 aliphatic heterocycles. The summed E-state index contributed by atoms with van der Waals surface area (Å²) in [5.41, 5.74) is 0.716. The minimum atomic E-state index is -1.02. The van der Waals surface area contributed by atoms with E-state index in [4.69, 9.17) is 5.11 Å². The highest BCUT2D eigenvalue weighted by Gasteiger charge is 2.25. The lowest BCUT2D eigenvalue weighted by molar-refractivity contribution is -0.132. The Morgan fingerprint density at radius 1 is 1.22 bits per heavy atom. The van der Waals surface area contributed by atoms with Gasteiger partial charge >= 0.3 is 5.97 Å². The van der Waals surface area contributed by atoms with Crippen LogP contribution in [0, 0.1) is 5.92 Å². The van der Waals surface area contributed by atoms with Crippen LogP contribution in [-0.2, 0) is 16.0 Å². The molecular weight excluding hydrogens is 296 g/mol. The van der Waals surface area contributed by atoms with Crippen LogP contribution in [0.3, 0.4) is 0 Å². The van der Waals surface area contributed by atoms with Crippen molar-refractivity contribution in [3.63, 3.8) is 0 Å². The number of nitrogens with one attached hydrogen (secondary N) is 1. The fourth-order valence-corrected chi connectivity index (χ4v) is 2.91. The molecule has 1 heterocycles. The van der Waals surface area contributed by atoms with Crippen molar-refractivity contribution in [1.29, 1.82) is 0 Å². The first kappa shape index (κ1) is 17.0. The predicted octanol–water partition coefficient (Wildman–Crippen LogP) is 1.30. The van der Waals surface area contributed by atoms with Gasteiger partial charge in [0.2, 0.25) is 11.8 Å². The zero-order chi connectivity index (χ0) is 16.8. The molecular formula is C17H22N2O4. The second-order valence-electron chi connectivity index (χ2n) is 5.84. The number of likely N-dealkylation sites (tertiary alicyclic amines) is 1. The van der Waals surface area contributed by atoms with Crippen LogP contribution in [0.1, 0.15) is 35.2 Å². The molecule has 2 amide bonds. The number of rotatable bonds is 5. The Kier molecular flexibility index (Phi) is 5.73. The van der Waals surface area contributed by atoms with Gasteiger partial charge in [-0.3, -0.25) is 9.59 Å². The number of amides is 2. The van der Waals surface area contributed by atoms with E-state index in [0.717, 1.165) is 12.8 Å². The van der Waals surface area contributed by atoms with Crippen molar-refractivity contribution in [3.05, 3.63) is 35.4 Å². The van der Waals surface area contributed by atoms with E-state index in [0.29, 0.717) is 31.0 Å². The zero-order valence-corrected chi connectivity index (χ0v) is 13.2. The summed E-state index contributed by atoms with van der Waals surface area (Å²) in [6.07, 6.45) is 2.21. The van der Waals surface area contributed by atoms with E-state index >= 15 is 0 Å². The van der Waals surface area contributed by atoms with E-state index in [9.17, 15) is 14.4 Å². The highest BCUT2D eigenvalue weighted by Crippen LogP contribution is 2.21. The Balaban J connectivity index is 1.91. The van der Waals surface area contributed by atoms with E-state index in [2.05, 4.69) is 5.32 Å². The summed E-state index contributed by atoms with van der Waals surface area (Å²) >= 11 is 0. The molecule has 2 rings (SSSR count). The van der Waals surface area contributed by atoms with E-state index in [1.807, 2.05) is 0 Å². The Morgan fingerprint density at radius 3 is 2.48 bits per heavy atom. The van der Waals surface area contributed by atoms with Gasteiger partial charge in [0.05, 0.1) is 12.0 Å². The topological polar surface area (TPSA) is 86.7 Å². The number of nitrogens with zero attached hydrogens (tertiary/aromatic N) is 1. The molecule has 1 aromatic rings. The van der Waals surface area contributed by atoms with Crippen LogP contribution >= 0.6 is 0 Å². The maximum absolute atomic E-state index is 12.4. The molecule has 0 aliphatic carbocycles. The largest absolute Gasteiger partial charge is 0.478 e. The monoisotopic (exact) mass is 318 g/mol. The molecule has 0 unspecified atom stereocenters. The Bertz CT molecular complexity index is 592. The summed E-state index contributed by atoms with van der Waals surface area (Å²) in [5.74, 6) is -0.731. The zero-order valence-electron chi connectivity index (χ0n) is 13.2. The first-order chi connectivity index (χ1) is 11.0. The SMILES string of the molecule is CNC(=O)CC1CCN(C(=O)Cc2ccccc2C(=O)O)CC1.